The van der Waals surface area contributed by atoms with Crippen LogP contribution in [0.15, 0.2) is 12.1 Å². The minimum Gasteiger partial charge on any atom is -0.427 e. The van der Waals surface area contributed by atoms with Gasteiger partial charge in [-0.2, -0.15) is 5.26 Å². The van der Waals surface area contributed by atoms with E-state index in [1.54, 1.807) is 6.26 Å². The van der Waals surface area contributed by atoms with Crippen LogP contribution in [-0.4, -0.2) is 18.7 Å². The average molecular weight is 402 g/mol. The van der Waals surface area contributed by atoms with E-state index in [-0.39, 0.29) is 22.9 Å². The fourth-order valence-electron chi connectivity index (χ4n) is 5.07. The summed E-state index contributed by atoms with van der Waals surface area (Å²) in [5, 5.41) is 14.9. The summed E-state index contributed by atoms with van der Waals surface area (Å²) in [4.78, 5) is 12.7. The van der Waals surface area contributed by atoms with Gasteiger partial charge in [0.1, 0.15) is 13.2 Å². The summed E-state index contributed by atoms with van der Waals surface area (Å²) >= 11 is 0. The molecule has 2 atom stereocenters. The largest absolute Gasteiger partial charge is 0.427 e. The molecule has 2 unspecified atom stereocenters. The zero-order valence-corrected chi connectivity index (χ0v) is 18.9. The van der Waals surface area contributed by atoms with Crippen LogP contribution in [0.3, 0.4) is 0 Å². The number of urea groups is 1. The number of ether oxygens (including phenoxy) is 1. The molecule has 2 N–H and O–H groups in total. The van der Waals surface area contributed by atoms with Crippen LogP contribution in [0, 0.1) is 36.2 Å². The Kier molecular flexibility index (Phi) is 7.51. The van der Waals surface area contributed by atoms with E-state index in [0.717, 1.165) is 55.7 Å². The van der Waals surface area contributed by atoms with Gasteiger partial charge in [-0.15, -0.1) is 0 Å². The predicted octanol–water partition coefficient (Wildman–Crippen LogP) is 4.60. The maximum atomic E-state index is 12.7. The minimum atomic E-state index is -0.179. The number of pyridine rings is 1. The number of hydrogen-bond donors (Lipinski definition) is 2. The van der Waals surface area contributed by atoms with Crippen molar-refractivity contribution in [2.45, 2.75) is 86.2 Å². The number of carbonyl (C=O) groups is 1. The van der Waals surface area contributed by atoms with Gasteiger partial charge in [-0.3, -0.25) is 0 Å². The van der Waals surface area contributed by atoms with Gasteiger partial charge in [-0.05, 0) is 24.7 Å². The zero-order chi connectivity index (χ0) is 21.7. The number of nitrogens with one attached hydrogen (secondary N) is 2. The van der Waals surface area contributed by atoms with E-state index < -0.39 is 0 Å². The Morgan fingerprint density at radius 2 is 1.93 bits per heavy atom. The molecular formula is C23H37N4O2+. The van der Waals surface area contributed by atoms with Crippen molar-refractivity contribution in [3.05, 3.63) is 23.5 Å². The number of nitrogens with zero attached hydrogens (tertiary/aromatic N) is 2. The van der Waals surface area contributed by atoms with Crippen LogP contribution in [0.2, 0.25) is 0 Å². The molecule has 0 radical (unpaired) electrons. The highest BCUT2D eigenvalue weighted by Crippen LogP contribution is 2.46. The maximum absolute atomic E-state index is 12.7. The molecular weight excluding hydrogens is 364 g/mol. The molecule has 1 aliphatic rings. The maximum Gasteiger partial charge on any atom is 0.319 e. The second-order valence-electron chi connectivity index (χ2n) is 9.77. The van der Waals surface area contributed by atoms with E-state index >= 15 is 0 Å². The lowest BCUT2D eigenvalue weighted by molar-refractivity contribution is -0.708. The first kappa shape index (κ1) is 23.0. The van der Waals surface area contributed by atoms with Gasteiger partial charge in [-0.1, -0.05) is 34.1 Å². The van der Waals surface area contributed by atoms with Gasteiger partial charge in [0.25, 0.3) is 6.26 Å². The number of unbranched alkanes of at least 4 members (excludes halogenated alkanes) is 1. The van der Waals surface area contributed by atoms with Crippen molar-refractivity contribution < 1.29 is 14.1 Å². The first-order valence-electron chi connectivity index (χ1n) is 10.7. The lowest BCUT2D eigenvalue weighted by Crippen LogP contribution is -2.49. The van der Waals surface area contributed by atoms with E-state index in [0.29, 0.717) is 6.61 Å². The highest BCUT2D eigenvalue weighted by molar-refractivity contribution is 5.89. The van der Waals surface area contributed by atoms with Gasteiger partial charge in [-0.25, -0.2) is 9.36 Å². The Bertz CT molecular complexity index is 746. The molecule has 0 aromatic carbocycles. The Morgan fingerprint density at radius 3 is 2.52 bits per heavy atom. The van der Waals surface area contributed by atoms with Crippen molar-refractivity contribution in [2.24, 2.45) is 10.8 Å². The molecule has 2 rings (SSSR count). The van der Waals surface area contributed by atoms with Gasteiger partial charge < -0.3 is 15.4 Å². The van der Waals surface area contributed by atoms with Crippen molar-refractivity contribution in [3.8, 4) is 6.26 Å². The number of anilines is 1. The molecule has 160 valence electrons. The van der Waals surface area contributed by atoms with Crippen molar-refractivity contribution in [3.63, 3.8) is 0 Å². The van der Waals surface area contributed by atoms with Crippen LogP contribution in [0.1, 0.15) is 71.2 Å². The fraction of sp³-hybridized carbons (Fsp3) is 0.696. The highest BCUT2D eigenvalue weighted by Gasteiger charge is 2.42. The third kappa shape index (κ3) is 6.62. The van der Waals surface area contributed by atoms with Gasteiger partial charge in [0, 0.05) is 43.9 Å². The fourth-order valence-corrected chi connectivity index (χ4v) is 5.07. The normalized spacial score (nSPS) is 23.1. The van der Waals surface area contributed by atoms with Crippen LogP contribution in [0.5, 0.6) is 0 Å². The van der Waals surface area contributed by atoms with E-state index in [9.17, 15) is 4.79 Å². The van der Waals surface area contributed by atoms with E-state index in [4.69, 9.17) is 10.00 Å². The zero-order valence-electron chi connectivity index (χ0n) is 18.9. The third-order valence-corrected chi connectivity index (χ3v) is 5.84. The number of carbonyl (C=O) groups excluding carboxylic acids is 1. The van der Waals surface area contributed by atoms with Crippen LogP contribution in [-0.2, 0) is 11.3 Å². The molecule has 1 aromatic heterocycles. The van der Waals surface area contributed by atoms with E-state index in [1.165, 1.54) is 0 Å². The topological polar surface area (TPSA) is 78.0 Å². The molecule has 1 aliphatic carbocycles. The third-order valence-electron chi connectivity index (χ3n) is 5.84. The molecule has 0 saturated heterocycles. The van der Waals surface area contributed by atoms with Crippen molar-refractivity contribution in [2.75, 3.05) is 11.9 Å². The molecule has 29 heavy (non-hydrogen) atoms. The smallest absolute Gasteiger partial charge is 0.319 e. The van der Waals surface area contributed by atoms with Gasteiger partial charge in [0.15, 0.2) is 11.4 Å². The van der Waals surface area contributed by atoms with Crippen LogP contribution < -0.4 is 15.2 Å². The lowest BCUT2D eigenvalue weighted by Gasteiger charge is -2.46. The monoisotopic (exact) mass is 401 g/mol. The number of hydrogen-bond acceptors (Lipinski definition) is 3. The second kappa shape index (κ2) is 9.47. The number of amides is 2. The molecule has 2 amide bonds. The summed E-state index contributed by atoms with van der Waals surface area (Å²) in [5.41, 5.74) is 3.06. The number of nitriles is 1. The molecule has 1 aromatic rings. The Balaban J connectivity index is 2.03. The summed E-state index contributed by atoms with van der Waals surface area (Å²) in [5.74, 6) is 0. The van der Waals surface area contributed by atoms with Gasteiger partial charge in [0.2, 0.25) is 0 Å². The molecule has 0 bridgehead atoms. The SMILES string of the molecule is CCCC[n+]1c(C)cc(NC(=O)NC2CC(C)(C)CC(C)(COC#N)C2)cc1C. The van der Waals surface area contributed by atoms with E-state index in [2.05, 4.69) is 56.7 Å². The first-order chi connectivity index (χ1) is 13.6. The predicted molar refractivity (Wildman–Crippen MR) is 114 cm³/mol. The molecule has 1 saturated carbocycles. The lowest BCUT2D eigenvalue weighted by atomic mass is 9.63. The standard InChI is InChI=1S/C23H36N4O2/c1-7-8-9-27-17(2)10-19(11-18(27)3)25-21(28)26-20-12-22(4,5)14-23(6,13-20)15-29-16-24/h10-11,20H,7-9,12-15H2,1-6H3,(H,26,28)/p+1. The summed E-state index contributed by atoms with van der Waals surface area (Å²) in [6.07, 6.45) is 6.76. The summed E-state index contributed by atoms with van der Waals surface area (Å²) < 4.78 is 7.35. The van der Waals surface area contributed by atoms with Crippen molar-refractivity contribution in [1.29, 1.82) is 5.26 Å². The summed E-state index contributed by atoms with van der Waals surface area (Å²) in [7, 11) is 0. The number of aryl methyl sites for hydroxylation is 2. The molecule has 0 aliphatic heterocycles. The number of aromatic nitrogens is 1. The molecule has 0 spiro atoms. The van der Waals surface area contributed by atoms with Crippen LogP contribution >= 0.6 is 0 Å². The molecule has 1 heterocycles. The highest BCUT2D eigenvalue weighted by atomic mass is 16.5. The molecule has 1 fully saturated rings. The molecule has 6 heteroatoms. The quantitative estimate of drug-likeness (QED) is 0.518. The average Bonchev–Trinajstić information content (AvgIpc) is 2.57. The van der Waals surface area contributed by atoms with E-state index in [1.807, 2.05) is 12.1 Å². The second-order valence-corrected chi connectivity index (χ2v) is 9.77. The van der Waals surface area contributed by atoms with Crippen LogP contribution in [0.25, 0.3) is 0 Å². The minimum absolute atomic E-state index is 0.0476. The Morgan fingerprint density at radius 1 is 1.28 bits per heavy atom. The summed E-state index contributed by atoms with van der Waals surface area (Å²) in [6.45, 7) is 14.3. The first-order valence-corrected chi connectivity index (χ1v) is 10.7. The van der Waals surface area contributed by atoms with Crippen molar-refractivity contribution in [1.82, 2.24) is 5.32 Å². The van der Waals surface area contributed by atoms with Crippen molar-refractivity contribution >= 4 is 11.7 Å². The Labute approximate surface area is 175 Å². The van der Waals surface area contributed by atoms with Gasteiger partial charge >= 0.3 is 6.03 Å². The Hall–Kier alpha value is -2.29. The van der Waals surface area contributed by atoms with Gasteiger partial charge in [0.05, 0.1) is 5.69 Å². The number of rotatable bonds is 7. The molecule has 6 nitrogen and oxygen atoms in total. The van der Waals surface area contributed by atoms with Crippen LogP contribution in [0.4, 0.5) is 10.5 Å². The summed E-state index contributed by atoms with van der Waals surface area (Å²) in [6, 6.07) is 3.92.